The molecule has 0 aliphatic rings. The van der Waals surface area contributed by atoms with E-state index in [1.54, 1.807) is 19.1 Å². The average molecular weight is 341 g/mol. The summed E-state index contributed by atoms with van der Waals surface area (Å²) in [7, 11) is -3.66. The van der Waals surface area contributed by atoms with Crippen molar-refractivity contribution in [3.05, 3.63) is 59.2 Å². The smallest absolute Gasteiger partial charge is 0.240 e. The van der Waals surface area contributed by atoms with Gasteiger partial charge in [-0.15, -0.1) is 0 Å². The molecular weight excluding hydrogens is 324 g/mol. The molecule has 0 bridgehead atoms. The second-order valence-corrected chi connectivity index (χ2v) is 6.83. The van der Waals surface area contributed by atoms with Crippen LogP contribution in [0.4, 0.5) is 8.78 Å². The Balaban J connectivity index is 1.95. The van der Waals surface area contributed by atoms with Crippen molar-refractivity contribution in [2.24, 2.45) is 0 Å². The topological polar surface area (TPSA) is 55.4 Å². The van der Waals surface area contributed by atoms with Gasteiger partial charge in [0.25, 0.3) is 0 Å². The van der Waals surface area contributed by atoms with Gasteiger partial charge in [-0.2, -0.15) is 0 Å². The van der Waals surface area contributed by atoms with Crippen LogP contribution < -0.4 is 9.46 Å². The van der Waals surface area contributed by atoms with Crippen molar-refractivity contribution in [3.8, 4) is 5.75 Å². The van der Waals surface area contributed by atoms with Gasteiger partial charge in [0, 0.05) is 12.6 Å². The van der Waals surface area contributed by atoms with Gasteiger partial charge in [-0.25, -0.2) is 21.9 Å². The first-order valence-electron chi connectivity index (χ1n) is 6.94. The molecule has 2 aromatic carbocycles. The number of ether oxygens (including phenoxy) is 1. The fraction of sp³-hybridized carbons (Fsp3) is 0.250. The van der Waals surface area contributed by atoms with E-state index < -0.39 is 21.7 Å². The first-order chi connectivity index (χ1) is 10.8. The van der Waals surface area contributed by atoms with Crippen LogP contribution in [0.25, 0.3) is 0 Å². The molecule has 0 spiro atoms. The van der Waals surface area contributed by atoms with Gasteiger partial charge >= 0.3 is 0 Å². The maximum absolute atomic E-state index is 13.4. The first-order valence-corrected chi connectivity index (χ1v) is 8.43. The number of hydrogen-bond acceptors (Lipinski definition) is 3. The molecule has 0 heterocycles. The summed E-state index contributed by atoms with van der Waals surface area (Å²) in [5, 5.41) is 0. The number of rotatable bonds is 6. The number of sulfonamides is 1. The molecule has 0 saturated heterocycles. The fourth-order valence-electron chi connectivity index (χ4n) is 2.11. The molecule has 0 aromatic heterocycles. The average Bonchev–Trinajstić information content (AvgIpc) is 2.45. The van der Waals surface area contributed by atoms with Crippen molar-refractivity contribution in [2.45, 2.75) is 18.7 Å². The molecule has 7 heteroatoms. The Morgan fingerprint density at radius 2 is 1.83 bits per heavy atom. The molecule has 0 fully saturated rings. The van der Waals surface area contributed by atoms with E-state index in [1.807, 2.05) is 6.92 Å². The highest BCUT2D eigenvalue weighted by atomic mass is 32.2. The summed E-state index contributed by atoms with van der Waals surface area (Å²) in [6.07, 6.45) is 0. The van der Waals surface area contributed by atoms with E-state index in [0.717, 1.165) is 17.7 Å². The number of halogens is 2. The summed E-state index contributed by atoms with van der Waals surface area (Å²) in [4.78, 5) is 0.191. The number of benzene rings is 2. The van der Waals surface area contributed by atoms with E-state index in [1.165, 1.54) is 6.07 Å². The zero-order chi connectivity index (χ0) is 17.0. The fourth-order valence-corrected chi connectivity index (χ4v) is 3.35. The highest BCUT2D eigenvalue weighted by Gasteiger charge is 2.16. The lowest BCUT2D eigenvalue weighted by molar-refractivity contribution is 0.305. The third-order valence-corrected chi connectivity index (χ3v) is 4.79. The lowest BCUT2D eigenvalue weighted by Gasteiger charge is -2.11. The number of hydrogen-bond donors (Lipinski definition) is 1. The molecule has 23 heavy (non-hydrogen) atoms. The highest BCUT2D eigenvalue weighted by Crippen LogP contribution is 2.18. The van der Waals surface area contributed by atoms with E-state index in [2.05, 4.69) is 4.72 Å². The Hall–Kier alpha value is -1.99. The van der Waals surface area contributed by atoms with Crippen molar-refractivity contribution < 1.29 is 21.9 Å². The molecule has 0 atom stereocenters. The molecule has 2 aromatic rings. The molecule has 0 amide bonds. The van der Waals surface area contributed by atoms with Crippen LogP contribution >= 0.6 is 0 Å². The van der Waals surface area contributed by atoms with E-state index in [4.69, 9.17) is 4.74 Å². The molecule has 0 saturated carbocycles. The van der Waals surface area contributed by atoms with Gasteiger partial charge in [-0.3, -0.25) is 0 Å². The Kier molecular flexibility index (Phi) is 5.33. The van der Waals surface area contributed by atoms with Crippen molar-refractivity contribution in [2.75, 3.05) is 13.2 Å². The second-order valence-electron chi connectivity index (χ2n) is 5.09. The summed E-state index contributed by atoms with van der Waals surface area (Å²) in [6.45, 7) is 3.48. The van der Waals surface area contributed by atoms with Gasteiger partial charge in [-0.1, -0.05) is 17.7 Å². The lowest BCUT2D eigenvalue weighted by atomic mass is 10.2. The van der Waals surface area contributed by atoms with Crippen LogP contribution in [0, 0.1) is 25.5 Å². The molecule has 124 valence electrons. The highest BCUT2D eigenvalue weighted by molar-refractivity contribution is 7.89. The standard InChI is InChI=1S/C16H17F2NO3S/c1-11-3-6-16(12(2)9-11)23(20,21)19-7-8-22-15-5-4-13(17)10-14(15)18/h3-6,9-10,19H,7-8H2,1-2H3. The predicted molar refractivity (Wildman–Crippen MR) is 83.0 cm³/mol. The van der Waals surface area contributed by atoms with Gasteiger partial charge in [0.05, 0.1) is 4.90 Å². The van der Waals surface area contributed by atoms with Crippen LogP contribution in [0.15, 0.2) is 41.3 Å². The van der Waals surface area contributed by atoms with Gasteiger partial charge in [0.2, 0.25) is 10.0 Å². The maximum atomic E-state index is 13.4. The van der Waals surface area contributed by atoms with Gasteiger partial charge in [0.1, 0.15) is 12.4 Å². The van der Waals surface area contributed by atoms with Crippen LogP contribution in [0.5, 0.6) is 5.75 Å². The molecule has 0 aliphatic carbocycles. The normalized spacial score (nSPS) is 11.5. The third-order valence-electron chi connectivity index (χ3n) is 3.17. The van der Waals surface area contributed by atoms with Crippen molar-refractivity contribution in [1.29, 1.82) is 0 Å². The Morgan fingerprint density at radius 1 is 1.09 bits per heavy atom. The van der Waals surface area contributed by atoms with Gasteiger partial charge < -0.3 is 4.74 Å². The van der Waals surface area contributed by atoms with Crippen LogP contribution in [-0.2, 0) is 10.0 Å². The van der Waals surface area contributed by atoms with E-state index >= 15 is 0 Å². The molecule has 1 N–H and O–H groups in total. The van der Waals surface area contributed by atoms with Crippen LogP contribution in [-0.4, -0.2) is 21.6 Å². The zero-order valence-corrected chi connectivity index (χ0v) is 13.6. The quantitative estimate of drug-likeness (QED) is 0.822. The minimum Gasteiger partial charge on any atom is -0.489 e. The summed E-state index contributed by atoms with van der Waals surface area (Å²) >= 11 is 0. The van der Waals surface area contributed by atoms with Crippen LogP contribution in [0.1, 0.15) is 11.1 Å². The monoisotopic (exact) mass is 341 g/mol. The SMILES string of the molecule is Cc1ccc(S(=O)(=O)NCCOc2ccc(F)cc2F)c(C)c1. The Morgan fingerprint density at radius 3 is 2.48 bits per heavy atom. The molecule has 0 unspecified atom stereocenters. The third kappa shape index (κ3) is 4.49. The van der Waals surface area contributed by atoms with Crippen molar-refractivity contribution >= 4 is 10.0 Å². The van der Waals surface area contributed by atoms with Crippen LogP contribution in [0.3, 0.4) is 0 Å². The minimum absolute atomic E-state index is 0.0353. The summed E-state index contributed by atoms with van der Waals surface area (Å²) in [6, 6.07) is 7.95. The molecule has 0 aliphatic heterocycles. The Bertz CT molecular complexity index is 807. The number of nitrogens with one attached hydrogen (secondary N) is 1. The molecule has 2 rings (SSSR count). The van der Waals surface area contributed by atoms with E-state index in [-0.39, 0.29) is 23.8 Å². The molecular formula is C16H17F2NO3S. The van der Waals surface area contributed by atoms with Gasteiger partial charge in [0.15, 0.2) is 11.6 Å². The van der Waals surface area contributed by atoms with E-state index in [0.29, 0.717) is 11.6 Å². The second kappa shape index (κ2) is 7.06. The summed E-state index contributed by atoms with van der Waals surface area (Å²) in [5.74, 6) is -1.66. The van der Waals surface area contributed by atoms with Crippen molar-refractivity contribution in [3.63, 3.8) is 0 Å². The number of aryl methyl sites for hydroxylation is 2. The first kappa shape index (κ1) is 17.4. The zero-order valence-electron chi connectivity index (χ0n) is 12.8. The molecule has 0 radical (unpaired) electrons. The molecule has 4 nitrogen and oxygen atoms in total. The van der Waals surface area contributed by atoms with Crippen LogP contribution in [0.2, 0.25) is 0 Å². The summed E-state index contributed by atoms with van der Waals surface area (Å²) < 4.78 is 58.0. The predicted octanol–water partition coefficient (Wildman–Crippen LogP) is 2.94. The lowest BCUT2D eigenvalue weighted by Crippen LogP contribution is -2.28. The van der Waals surface area contributed by atoms with Gasteiger partial charge in [-0.05, 0) is 37.6 Å². The van der Waals surface area contributed by atoms with E-state index in [9.17, 15) is 17.2 Å². The largest absolute Gasteiger partial charge is 0.489 e. The Labute approximate surface area is 134 Å². The minimum atomic E-state index is -3.66. The summed E-state index contributed by atoms with van der Waals surface area (Å²) in [5.41, 5.74) is 1.61. The van der Waals surface area contributed by atoms with Crippen molar-refractivity contribution in [1.82, 2.24) is 4.72 Å². The maximum Gasteiger partial charge on any atom is 0.240 e.